The fourth-order valence-electron chi connectivity index (χ4n) is 2.80. The second-order valence-corrected chi connectivity index (χ2v) is 5.52. The highest BCUT2D eigenvalue weighted by atomic mass is 16.2. The Bertz CT molecular complexity index is 699. The number of amides is 2. The van der Waals surface area contributed by atoms with E-state index >= 15 is 0 Å². The number of aryl methyl sites for hydroxylation is 1. The normalized spacial score (nSPS) is 17.3. The summed E-state index contributed by atoms with van der Waals surface area (Å²) in [5, 5.41) is 6.35. The first-order valence-electron chi connectivity index (χ1n) is 7.50. The molecule has 1 unspecified atom stereocenters. The van der Waals surface area contributed by atoms with Crippen LogP contribution < -0.4 is 5.32 Å². The lowest BCUT2D eigenvalue weighted by Crippen LogP contribution is -2.43. The van der Waals surface area contributed by atoms with Gasteiger partial charge in [-0.3, -0.25) is 19.9 Å². The van der Waals surface area contributed by atoms with E-state index in [4.69, 9.17) is 0 Å². The minimum atomic E-state index is -0.681. The third-order valence-electron chi connectivity index (χ3n) is 3.96. The molecule has 3 rings (SSSR count). The fraction of sp³-hybridized carbons (Fsp3) is 0.400. The van der Waals surface area contributed by atoms with Crippen LogP contribution in [0.1, 0.15) is 18.4 Å². The molecule has 120 valence electrons. The summed E-state index contributed by atoms with van der Waals surface area (Å²) in [5.74, 6) is -0.954. The quantitative estimate of drug-likeness (QED) is 0.827. The molecule has 1 saturated heterocycles. The molecule has 0 aliphatic carbocycles. The number of pyridine rings is 1. The standard InChI is InChI=1S/C15H18N6O2/c1-20-15(17-10-18-20)19-13(22)14(23)21-7-3-5-12(21)8-11-4-2-6-16-9-11/h2,4,6,9-10,12H,3,5,7-8H2,1H3,(H,17,18,19,22). The van der Waals surface area contributed by atoms with Gasteiger partial charge >= 0.3 is 11.8 Å². The lowest BCUT2D eigenvalue weighted by atomic mass is 10.1. The number of aromatic nitrogens is 4. The van der Waals surface area contributed by atoms with Crippen LogP contribution in [0.25, 0.3) is 0 Å². The Morgan fingerprint density at radius 1 is 1.43 bits per heavy atom. The van der Waals surface area contributed by atoms with E-state index in [1.807, 2.05) is 12.1 Å². The van der Waals surface area contributed by atoms with Crippen LogP contribution in [0.2, 0.25) is 0 Å². The number of carbonyl (C=O) groups is 2. The largest absolute Gasteiger partial charge is 0.331 e. The van der Waals surface area contributed by atoms with Crippen molar-refractivity contribution < 1.29 is 9.59 Å². The smallest absolute Gasteiger partial charge is 0.316 e. The van der Waals surface area contributed by atoms with Gasteiger partial charge in [0.15, 0.2) is 0 Å². The van der Waals surface area contributed by atoms with Crippen LogP contribution in [-0.2, 0) is 23.1 Å². The van der Waals surface area contributed by atoms with E-state index in [-0.39, 0.29) is 12.0 Å². The van der Waals surface area contributed by atoms with E-state index in [9.17, 15) is 9.59 Å². The maximum absolute atomic E-state index is 12.4. The van der Waals surface area contributed by atoms with Crippen molar-refractivity contribution in [2.45, 2.75) is 25.3 Å². The Morgan fingerprint density at radius 3 is 3.00 bits per heavy atom. The third-order valence-corrected chi connectivity index (χ3v) is 3.96. The topological polar surface area (TPSA) is 93.0 Å². The summed E-state index contributed by atoms with van der Waals surface area (Å²) in [6.45, 7) is 0.593. The average Bonchev–Trinajstić information content (AvgIpc) is 3.17. The number of hydrogen-bond acceptors (Lipinski definition) is 5. The summed E-state index contributed by atoms with van der Waals surface area (Å²) in [7, 11) is 1.65. The van der Waals surface area contributed by atoms with E-state index < -0.39 is 11.8 Å². The van der Waals surface area contributed by atoms with Crippen molar-refractivity contribution in [3.8, 4) is 0 Å². The first kappa shape index (κ1) is 15.1. The first-order valence-corrected chi connectivity index (χ1v) is 7.50. The molecule has 0 radical (unpaired) electrons. The van der Waals surface area contributed by atoms with Crippen molar-refractivity contribution in [2.75, 3.05) is 11.9 Å². The van der Waals surface area contributed by atoms with Gasteiger partial charge in [0.05, 0.1) is 0 Å². The van der Waals surface area contributed by atoms with Gasteiger partial charge in [-0.1, -0.05) is 6.07 Å². The summed E-state index contributed by atoms with van der Waals surface area (Å²) < 4.78 is 1.41. The second kappa shape index (κ2) is 6.55. The van der Waals surface area contributed by atoms with Crippen LogP contribution in [0.15, 0.2) is 30.9 Å². The van der Waals surface area contributed by atoms with Crippen LogP contribution in [-0.4, -0.2) is 49.0 Å². The number of hydrogen-bond donors (Lipinski definition) is 1. The van der Waals surface area contributed by atoms with E-state index in [2.05, 4.69) is 20.4 Å². The number of nitrogens with zero attached hydrogens (tertiary/aromatic N) is 5. The Labute approximate surface area is 133 Å². The SMILES string of the molecule is Cn1ncnc1NC(=O)C(=O)N1CCCC1Cc1cccnc1. The monoisotopic (exact) mass is 314 g/mol. The number of likely N-dealkylation sites (tertiary alicyclic amines) is 1. The number of anilines is 1. The zero-order valence-electron chi connectivity index (χ0n) is 12.8. The minimum absolute atomic E-state index is 0.0250. The van der Waals surface area contributed by atoms with Crippen LogP contribution >= 0.6 is 0 Å². The Kier molecular flexibility index (Phi) is 4.31. The molecule has 0 bridgehead atoms. The molecule has 1 N–H and O–H groups in total. The van der Waals surface area contributed by atoms with Crippen molar-refractivity contribution in [1.29, 1.82) is 0 Å². The molecule has 8 heteroatoms. The fourth-order valence-corrected chi connectivity index (χ4v) is 2.80. The molecule has 1 aliphatic heterocycles. The van der Waals surface area contributed by atoms with Crippen molar-refractivity contribution in [3.63, 3.8) is 0 Å². The predicted molar refractivity (Wildman–Crippen MR) is 82.3 cm³/mol. The van der Waals surface area contributed by atoms with Crippen LogP contribution in [0.5, 0.6) is 0 Å². The molecule has 2 aromatic heterocycles. The Hall–Kier alpha value is -2.77. The molecule has 0 spiro atoms. The maximum atomic E-state index is 12.4. The molecular weight excluding hydrogens is 296 g/mol. The number of carbonyl (C=O) groups excluding carboxylic acids is 2. The summed E-state index contributed by atoms with van der Waals surface area (Å²) in [4.78, 5) is 34.2. The minimum Gasteiger partial charge on any atom is -0.331 e. The van der Waals surface area contributed by atoms with Gasteiger partial charge in [0.1, 0.15) is 6.33 Å². The van der Waals surface area contributed by atoms with E-state index in [1.54, 1.807) is 24.3 Å². The molecule has 0 aromatic carbocycles. The summed E-state index contributed by atoms with van der Waals surface area (Å²) >= 11 is 0. The molecule has 1 fully saturated rings. The summed E-state index contributed by atoms with van der Waals surface area (Å²) in [6.07, 6.45) is 7.32. The predicted octanol–water partition coefficient (Wildman–Crippen LogP) is 0.382. The van der Waals surface area contributed by atoms with Gasteiger partial charge in [0, 0.05) is 32.0 Å². The van der Waals surface area contributed by atoms with Gasteiger partial charge in [-0.15, -0.1) is 0 Å². The van der Waals surface area contributed by atoms with Gasteiger partial charge in [-0.25, -0.2) is 4.68 Å². The van der Waals surface area contributed by atoms with E-state index in [0.717, 1.165) is 18.4 Å². The Morgan fingerprint density at radius 2 is 2.30 bits per heavy atom. The number of nitrogens with one attached hydrogen (secondary N) is 1. The van der Waals surface area contributed by atoms with Crippen molar-refractivity contribution >= 4 is 17.8 Å². The average molecular weight is 314 g/mol. The zero-order valence-corrected chi connectivity index (χ0v) is 12.8. The van der Waals surface area contributed by atoms with Gasteiger partial charge in [0.25, 0.3) is 0 Å². The molecular formula is C15H18N6O2. The molecule has 23 heavy (non-hydrogen) atoms. The summed E-state index contributed by atoms with van der Waals surface area (Å²) in [6, 6.07) is 3.88. The number of rotatable bonds is 3. The van der Waals surface area contributed by atoms with E-state index in [1.165, 1.54) is 11.0 Å². The van der Waals surface area contributed by atoms with Gasteiger partial charge in [0.2, 0.25) is 5.95 Å². The van der Waals surface area contributed by atoms with E-state index in [0.29, 0.717) is 13.0 Å². The molecule has 2 amide bonds. The maximum Gasteiger partial charge on any atom is 0.316 e. The van der Waals surface area contributed by atoms with Crippen LogP contribution in [0, 0.1) is 0 Å². The van der Waals surface area contributed by atoms with Crippen molar-refractivity contribution in [3.05, 3.63) is 36.4 Å². The molecule has 2 aromatic rings. The highest BCUT2D eigenvalue weighted by Gasteiger charge is 2.32. The highest BCUT2D eigenvalue weighted by Crippen LogP contribution is 2.21. The van der Waals surface area contributed by atoms with Gasteiger partial charge < -0.3 is 4.90 Å². The highest BCUT2D eigenvalue weighted by molar-refractivity contribution is 6.39. The van der Waals surface area contributed by atoms with Crippen LogP contribution in [0.3, 0.4) is 0 Å². The lowest BCUT2D eigenvalue weighted by Gasteiger charge is -2.24. The van der Waals surface area contributed by atoms with Crippen molar-refractivity contribution in [1.82, 2.24) is 24.6 Å². The van der Waals surface area contributed by atoms with Gasteiger partial charge in [-0.2, -0.15) is 10.1 Å². The lowest BCUT2D eigenvalue weighted by molar-refractivity contribution is -0.143. The van der Waals surface area contributed by atoms with Gasteiger partial charge in [-0.05, 0) is 30.9 Å². The molecule has 1 aliphatic rings. The molecule has 3 heterocycles. The zero-order chi connectivity index (χ0) is 16.2. The Balaban J connectivity index is 1.65. The second-order valence-electron chi connectivity index (χ2n) is 5.52. The third kappa shape index (κ3) is 3.36. The molecule has 1 atom stereocenters. The molecule has 8 nitrogen and oxygen atoms in total. The molecule has 0 saturated carbocycles. The van der Waals surface area contributed by atoms with Crippen molar-refractivity contribution in [2.24, 2.45) is 7.05 Å². The van der Waals surface area contributed by atoms with Crippen LogP contribution in [0.4, 0.5) is 5.95 Å². The first-order chi connectivity index (χ1) is 11.1. The summed E-state index contributed by atoms with van der Waals surface area (Å²) in [5.41, 5.74) is 1.06.